The van der Waals surface area contributed by atoms with Gasteiger partial charge in [-0.1, -0.05) is 36.4 Å². The zero-order chi connectivity index (χ0) is 61.2. The smallest absolute Gasteiger partial charge is 0.333 e. The van der Waals surface area contributed by atoms with Crippen LogP contribution in [0.25, 0.3) is 11.1 Å². The van der Waals surface area contributed by atoms with Gasteiger partial charge in [-0.05, 0) is 119 Å². The summed E-state index contributed by atoms with van der Waals surface area (Å²) < 4.78 is 23.5. The molecule has 0 saturated carbocycles. The molecule has 0 aliphatic carbocycles. The van der Waals surface area contributed by atoms with E-state index < -0.39 is 142 Å². The van der Waals surface area contributed by atoms with Gasteiger partial charge in [-0.25, -0.2) is 4.79 Å². The Morgan fingerprint density at radius 1 is 0.465 bits per heavy atom. The van der Waals surface area contributed by atoms with Gasteiger partial charge in [0.1, 0.15) is 88.7 Å². The standard InChI is InChI=1S/C60H51N7O19/c1-23-37(71)16-28-18-39(23)86-40-17-26(7-14-36(40)70)44(61)54(76)66-49-51(73)24-3-9-31(10-4-24)84-41-19-29-20-42(53(41)75)85-32-11-5-25(6-12-32)52(74)50-59(81)65-48(60(82)83-2)34-21-30(68)22-38(72)43(34)33-15-27(8-13-35(33)69)45(55(77)67-50)62-57(79)47(29)63-56(78)46(28)64-58(49)80/h3-22,44-52,68-75H,61H2,1-2H3,(H,62,79)(H,63,78)(H,64,80)(H,65,81)(H,66,76)(H,67,77)/t44-,45+,46-,47+,48+,49+,50-,51+,52+/m0/s1. The Bertz CT molecular complexity index is 3990. The molecule has 6 amide bonds. The Morgan fingerprint density at radius 3 is 1.53 bits per heavy atom. The summed E-state index contributed by atoms with van der Waals surface area (Å²) in [6.07, 6.45) is -3.93. The third kappa shape index (κ3) is 10.6. The summed E-state index contributed by atoms with van der Waals surface area (Å²) >= 11 is 0. The average molecular weight is 1170 g/mol. The predicted octanol–water partition coefficient (Wildman–Crippen LogP) is 3.57. The van der Waals surface area contributed by atoms with E-state index in [1.807, 2.05) is 0 Å². The van der Waals surface area contributed by atoms with Crippen LogP contribution in [-0.2, 0) is 38.3 Å². The van der Waals surface area contributed by atoms with Crippen LogP contribution in [-0.4, -0.2) is 101 Å². The molecule has 0 spiro atoms. The van der Waals surface area contributed by atoms with E-state index in [4.69, 9.17) is 24.7 Å². The zero-order valence-electron chi connectivity index (χ0n) is 44.9. The second-order valence-electron chi connectivity index (χ2n) is 20.5. The van der Waals surface area contributed by atoms with E-state index >= 15 is 14.4 Å². The number of ether oxygens (including phenoxy) is 4. The number of carbonyl (C=O) groups excluding carboxylic acids is 7. The molecule has 7 aromatic carbocycles. The van der Waals surface area contributed by atoms with E-state index in [1.54, 1.807) is 0 Å². The van der Waals surface area contributed by atoms with Crippen molar-refractivity contribution < 1.29 is 93.4 Å². The van der Waals surface area contributed by atoms with Gasteiger partial charge in [0.25, 0.3) is 0 Å². The molecule has 86 heavy (non-hydrogen) atoms. The molecule has 6 heterocycles. The highest BCUT2D eigenvalue weighted by molar-refractivity contribution is 6.00. The van der Waals surface area contributed by atoms with E-state index in [0.717, 1.165) is 55.6 Å². The van der Waals surface area contributed by atoms with Crippen LogP contribution in [0.3, 0.4) is 0 Å². The number of phenols is 6. The first-order valence-electron chi connectivity index (χ1n) is 26.2. The molecule has 13 rings (SSSR count). The first-order valence-corrected chi connectivity index (χ1v) is 26.2. The van der Waals surface area contributed by atoms with Crippen molar-refractivity contribution in [1.82, 2.24) is 31.9 Å². The highest BCUT2D eigenvalue weighted by Gasteiger charge is 2.42. The molecular weight excluding hydrogens is 1120 g/mol. The minimum atomic E-state index is -2.14. The van der Waals surface area contributed by atoms with Crippen LogP contribution < -0.4 is 51.8 Å². The number of esters is 1. The van der Waals surface area contributed by atoms with Crippen LogP contribution in [0.2, 0.25) is 0 Å². The molecule has 0 fully saturated rings. The van der Waals surface area contributed by atoms with Crippen molar-refractivity contribution in [1.29, 1.82) is 0 Å². The maximum Gasteiger partial charge on any atom is 0.333 e. The lowest BCUT2D eigenvalue weighted by molar-refractivity contribution is -0.146. The van der Waals surface area contributed by atoms with Crippen LogP contribution in [0, 0.1) is 6.92 Å². The summed E-state index contributed by atoms with van der Waals surface area (Å²) in [5.74, 6) is -13.7. The number of carbonyl (C=O) groups is 7. The lowest BCUT2D eigenvalue weighted by Crippen LogP contribution is -2.55. The molecular formula is C60H51N7O19. The number of aliphatic hydroxyl groups excluding tert-OH is 2. The number of nitrogens with two attached hydrogens (primary N) is 1. The summed E-state index contributed by atoms with van der Waals surface area (Å²) in [4.78, 5) is 104. The Kier molecular flexibility index (Phi) is 14.7. The van der Waals surface area contributed by atoms with Crippen LogP contribution in [0.1, 0.15) is 86.9 Å². The number of hydrogen-bond donors (Lipinski definition) is 15. The van der Waals surface area contributed by atoms with E-state index in [9.17, 15) is 60.0 Å². The summed E-state index contributed by atoms with van der Waals surface area (Å²) in [6.45, 7) is 1.42. The van der Waals surface area contributed by atoms with E-state index in [0.29, 0.717) is 0 Å². The van der Waals surface area contributed by atoms with Crippen molar-refractivity contribution in [3.63, 3.8) is 0 Å². The van der Waals surface area contributed by atoms with Crippen molar-refractivity contribution in [2.24, 2.45) is 5.73 Å². The van der Waals surface area contributed by atoms with Gasteiger partial charge in [0.15, 0.2) is 29.0 Å². The highest BCUT2D eigenvalue weighted by Crippen LogP contribution is 2.47. The van der Waals surface area contributed by atoms with E-state index in [1.165, 1.54) is 79.7 Å². The van der Waals surface area contributed by atoms with Crippen molar-refractivity contribution in [2.45, 2.75) is 61.4 Å². The highest BCUT2D eigenvalue weighted by atomic mass is 16.5. The van der Waals surface area contributed by atoms with E-state index in [2.05, 4.69) is 31.9 Å². The van der Waals surface area contributed by atoms with Crippen LogP contribution in [0.15, 0.2) is 121 Å². The Morgan fingerprint density at radius 2 is 0.942 bits per heavy atom. The second kappa shape index (κ2) is 22.2. The van der Waals surface area contributed by atoms with Crippen molar-refractivity contribution in [2.75, 3.05) is 7.11 Å². The maximum absolute atomic E-state index is 15.7. The monoisotopic (exact) mass is 1170 g/mol. The minimum absolute atomic E-state index is 0.00535. The molecule has 0 unspecified atom stereocenters. The third-order valence-electron chi connectivity index (χ3n) is 15.1. The van der Waals surface area contributed by atoms with Crippen LogP contribution >= 0.6 is 0 Å². The molecule has 7 aromatic rings. The molecule has 17 bridgehead atoms. The topological polar surface area (TPSA) is 416 Å². The van der Waals surface area contributed by atoms with Crippen molar-refractivity contribution in [3.05, 3.63) is 166 Å². The average Bonchev–Trinajstić information content (AvgIpc) is 2.08. The van der Waals surface area contributed by atoms with Gasteiger partial charge < -0.3 is 97.4 Å². The number of fused-ring (bicyclic) bond motifs is 14. The number of aliphatic hydroxyl groups is 2. The number of aromatic hydroxyl groups is 6. The molecule has 26 heteroatoms. The Balaban J connectivity index is 1.14. The largest absolute Gasteiger partial charge is 0.508 e. The second-order valence-corrected chi connectivity index (χ2v) is 20.5. The van der Waals surface area contributed by atoms with Crippen LogP contribution in [0.4, 0.5) is 0 Å². The zero-order valence-corrected chi connectivity index (χ0v) is 44.9. The summed E-state index contributed by atoms with van der Waals surface area (Å²) in [5, 5.41) is 107. The minimum Gasteiger partial charge on any atom is -0.508 e. The van der Waals surface area contributed by atoms with Gasteiger partial charge in [-0.15, -0.1) is 0 Å². The molecule has 9 atom stereocenters. The lowest BCUT2D eigenvalue weighted by Gasteiger charge is -2.31. The predicted molar refractivity (Wildman–Crippen MR) is 295 cm³/mol. The molecule has 26 nitrogen and oxygen atoms in total. The number of amides is 6. The fourth-order valence-electron chi connectivity index (χ4n) is 10.4. The lowest BCUT2D eigenvalue weighted by atomic mass is 9.89. The van der Waals surface area contributed by atoms with Gasteiger partial charge in [0.05, 0.1) is 7.11 Å². The Hall–Kier alpha value is -11.1. The van der Waals surface area contributed by atoms with Gasteiger partial charge in [0, 0.05) is 28.3 Å². The number of methoxy groups -OCH3 is 1. The fourth-order valence-corrected chi connectivity index (χ4v) is 10.4. The van der Waals surface area contributed by atoms with Gasteiger partial charge in [-0.3, -0.25) is 28.8 Å². The molecule has 0 aromatic heterocycles. The fraction of sp³-hybridized carbons (Fsp3) is 0.183. The summed E-state index contributed by atoms with van der Waals surface area (Å²) in [5.41, 5.74) is 4.64. The normalized spacial score (nSPS) is 22.7. The van der Waals surface area contributed by atoms with Crippen LogP contribution in [0.5, 0.6) is 69.0 Å². The molecule has 6 aliphatic rings. The molecule has 6 aliphatic heterocycles. The van der Waals surface area contributed by atoms with Gasteiger partial charge >= 0.3 is 5.97 Å². The Labute approximate surface area is 485 Å². The van der Waals surface area contributed by atoms with Gasteiger partial charge in [0.2, 0.25) is 41.2 Å². The van der Waals surface area contributed by atoms with Crippen molar-refractivity contribution in [3.8, 4) is 80.1 Å². The first-order chi connectivity index (χ1) is 41.0. The van der Waals surface area contributed by atoms with Gasteiger partial charge in [-0.2, -0.15) is 0 Å². The molecule has 0 saturated heterocycles. The summed E-state index contributed by atoms with van der Waals surface area (Å²) in [6, 6.07) is 10.1. The molecule has 440 valence electrons. The number of nitrogens with one attached hydrogen (secondary N) is 6. The van der Waals surface area contributed by atoms with E-state index in [-0.39, 0.29) is 78.6 Å². The first kappa shape index (κ1) is 56.8. The van der Waals surface area contributed by atoms with Crippen molar-refractivity contribution >= 4 is 41.4 Å². The summed E-state index contributed by atoms with van der Waals surface area (Å²) in [7, 11) is 0.974. The number of hydrogen-bond acceptors (Lipinski definition) is 20. The number of benzene rings is 7. The number of phenolic OH excluding ortho intramolecular Hbond substituents is 6. The quantitative estimate of drug-likeness (QED) is 0.104. The SMILES string of the molecule is COC(=O)[C@@H]1NC(=O)[C@H]2NC(=O)[C@H](NC(=O)[C@@H]3NC(=O)[C@H]4NC(=O)[C@H](NC(=O)[C@@H](N)c5ccc(O)c(c5)Oc5cc4cc(O)c5C)[C@H](O)c4ccc(cc4)Oc4cc3cc(c4O)Oc3ccc(cc3)[C@H]2O)c2ccc(O)c(c2)-c2c(O)cc(O)cc21. The maximum atomic E-state index is 15.7. The molecule has 16 N–H and O–H groups in total. The number of rotatable bonds is 1. The third-order valence-corrected chi connectivity index (χ3v) is 15.1. The molecule has 0 radical (unpaired) electrons.